The SMILES string of the molecule is NS(=O)(=O)c1cc([N+](=O)[O-])ccc1NCc1cn(-c2ccccc2)nc1-c1ccncc1. The summed E-state index contributed by atoms with van der Waals surface area (Å²) in [5.41, 5.74) is 2.94. The van der Waals surface area contributed by atoms with Gasteiger partial charge in [-0.3, -0.25) is 15.1 Å². The molecule has 0 unspecified atom stereocenters. The summed E-state index contributed by atoms with van der Waals surface area (Å²) in [4.78, 5) is 14.0. The van der Waals surface area contributed by atoms with Gasteiger partial charge in [0.05, 0.1) is 22.0 Å². The van der Waals surface area contributed by atoms with Gasteiger partial charge in [0.25, 0.3) is 5.69 Å². The number of sulfonamides is 1. The third-order valence-corrected chi connectivity index (χ3v) is 5.67. The molecule has 2 aromatic heterocycles. The molecule has 0 saturated carbocycles. The van der Waals surface area contributed by atoms with Crippen molar-refractivity contribution in [2.45, 2.75) is 11.4 Å². The molecule has 11 heteroatoms. The Morgan fingerprint density at radius 3 is 2.44 bits per heavy atom. The minimum Gasteiger partial charge on any atom is -0.380 e. The number of para-hydroxylation sites is 1. The van der Waals surface area contributed by atoms with Gasteiger partial charge in [-0.25, -0.2) is 18.2 Å². The zero-order valence-corrected chi connectivity index (χ0v) is 17.4. The summed E-state index contributed by atoms with van der Waals surface area (Å²) >= 11 is 0. The van der Waals surface area contributed by atoms with Crippen LogP contribution in [-0.2, 0) is 16.6 Å². The number of nitrogens with zero attached hydrogens (tertiary/aromatic N) is 4. The Labute approximate surface area is 183 Å². The number of nitro groups is 1. The van der Waals surface area contributed by atoms with E-state index in [1.165, 1.54) is 12.1 Å². The summed E-state index contributed by atoms with van der Waals surface area (Å²) in [5, 5.41) is 24.0. The number of nitro benzene ring substituents is 1. The summed E-state index contributed by atoms with van der Waals surface area (Å²) in [6, 6.07) is 16.7. The van der Waals surface area contributed by atoms with Crippen molar-refractivity contribution in [1.29, 1.82) is 0 Å². The molecule has 32 heavy (non-hydrogen) atoms. The highest BCUT2D eigenvalue weighted by Gasteiger charge is 2.20. The van der Waals surface area contributed by atoms with Crippen molar-refractivity contribution < 1.29 is 13.3 Å². The van der Waals surface area contributed by atoms with Gasteiger partial charge in [-0.2, -0.15) is 5.10 Å². The van der Waals surface area contributed by atoms with Crippen LogP contribution in [0.25, 0.3) is 16.9 Å². The number of nitrogens with two attached hydrogens (primary N) is 1. The van der Waals surface area contributed by atoms with Crippen LogP contribution in [0.5, 0.6) is 0 Å². The fourth-order valence-corrected chi connectivity index (χ4v) is 3.93. The molecule has 162 valence electrons. The molecule has 4 rings (SSSR count). The van der Waals surface area contributed by atoms with Crippen molar-refractivity contribution in [3.8, 4) is 16.9 Å². The van der Waals surface area contributed by atoms with E-state index in [2.05, 4.69) is 15.4 Å². The van der Waals surface area contributed by atoms with Gasteiger partial charge in [-0.15, -0.1) is 0 Å². The Morgan fingerprint density at radius 1 is 1.06 bits per heavy atom. The quantitative estimate of drug-likeness (QED) is 0.325. The van der Waals surface area contributed by atoms with E-state index in [-0.39, 0.29) is 22.8 Å². The predicted octanol–water partition coefficient (Wildman–Crippen LogP) is 3.10. The Hall–Kier alpha value is -4.09. The molecule has 4 aromatic rings. The highest BCUT2D eigenvalue weighted by atomic mass is 32.2. The lowest BCUT2D eigenvalue weighted by molar-refractivity contribution is -0.385. The van der Waals surface area contributed by atoms with Gasteiger partial charge < -0.3 is 5.32 Å². The summed E-state index contributed by atoms with van der Waals surface area (Å²) in [7, 11) is -4.19. The second-order valence-electron chi connectivity index (χ2n) is 6.86. The van der Waals surface area contributed by atoms with Crippen LogP contribution in [0.1, 0.15) is 5.56 Å². The van der Waals surface area contributed by atoms with Crippen LogP contribution >= 0.6 is 0 Å². The van der Waals surface area contributed by atoms with Crippen LogP contribution in [0.4, 0.5) is 11.4 Å². The fraction of sp³-hybridized carbons (Fsp3) is 0.0476. The average molecular weight is 450 g/mol. The molecule has 0 radical (unpaired) electrons. The highest BCUT2D eigenvalue weighted by molar-refractivity contribution is 7.89. The van der Waals surface area contributed by atoms with Crippen LogP contribution in [0.3, 0.4) is 0 Å². The number of pyridine rings is 1. The first-order chi connectivity index (χ1) is 15.3. The minimum absolute atomic E-state index is 0.159. The maximum Gasteiger partial charge on any atom is 0.270 e. The van der Waals surface area contributed by atoms with Crippen LogP contribution in [0.2, 0.25) is 0 Å². The lowest BCUT2D eigenvalue weighted by atomic mass is 10.1. The molecular formula is C21H18N6O4S. The van der Waals surface area contributed by atoms with Crippen molar-refractivity contribution in [1.82, 2.24) is 14.8 Å². The molecule has 0 atom stereocenters. The summed E-state index contributed by atoms with van der Waals surface area (Å²) in [6.07, 6.45) is 5.15. The standard InChI is InChI=1S/C21H18N6O4S/c22-32(30,31)20-12-18(27(28)29)6-7-19(20)24-13-16-14-26(17-4-2-1-3-5-17)25-21(16)15-8-10-23-11-9-15/h1-12,14,24H,13H2,(H2,22,30,31). The molecule has 0 saturated heterocycles. The van der Waals surface area contributed by atoms with E-state index >= 15 is 0 Å². The number of non-ortho nitro benzene ring substituents is 1. The van der Waals surface area contributed by atoms with Gasteiger partial charge >= 0.3 is 0 Å². The van der Waals surface area contributed by atoms with E-state index in [0.29, 0.717) is 5.69 Å². The third-order valence-electron chi connectivity index (χ3n) is 4.72. The maximum absolute atomic E-state index is 12.0. The number of hydrogen-bond acceptors (Lipinski definition) is 7. The Balaban J connectivity index is 1.72. The number of rotatable bonds is 7. The average Bonchev–Trinajstić information content (AvgIpc) is 3.22. The van der Waals surface area contributed by atoms with Crippen molar-refractivity contribution >= 4 is 21.4 Å². The first kappa shape index (κ1) is 21.2. The molecule has 2 heterocycles. The van der Waals surface area contributed by atoms with Gasteiger partial charge in [0.15, 0.2) is 0 Å². The molecule has 0 aliphatic heterocycles. The number of hydrogen-bond donors (Lipinski definition) is 2. The van der Waals surface area contributed by atoms with Gasteiger partial charge in [-0.1, -0.05) is 18.2 Å². The third kappa shape index (κ3) is 4.48. The Bertz CT molecular complexity index is 1370. The normalized spacial score (nSPS) is 11.3. The number of primary sulfonamides is 1. The van der Waals surface area contributed by atoms with E-state index in [1.807, 2.05) is 48.7 Å². The molecule has 0 amide bonds. The first-order valence-electron chi connectivity index (χ1n) is 9.42. The second-order valence-corrected chi connectivity index (χ2v) is 8.38. The van der Waals surface area contributed by atoms with Crippen LogP contribution in [0, 0.1) is 10.1 Å². The van der Waals surface area contributed by atoms with Gasteiger partial charge in [-0.05, 0) is 30.3 Å². The zero-order valence-electron chi connectivity index (χ0n) is 16.6. The van der Waals surface area contributed by atoms with Gasteiger partial charge in [0, 0.05) is 48.4 Å². The van der Waals surface area contributed by atoms with E-state index in [9.17, 15) is 18.5 Å². The van der Waals surface area contributed by atoms with Crippen molar-refractivity contribution in [2.75, 3.05) is 5.32 Å². The number of aromatic nitrogens is 3. The number of anilines is 1. The van der Waals surface area contributed by atoms with E-state index in [4.69, 9.17) is 5.14 Å². The van der Waals surface area contributed by atoms with E-state index < -0.39 is 14.9 Å². The zero-order chi connectivity index (χ0) is 22.7. The van der Waals surface area contributed by atoms with E-state index in [0.717, 1.165) is 22.9 Å². The van der Waals surface area contributed by atoms with Crippen molar-refractivity contribution in [3.63, 3.8) is 0 Å². The maximum atomic E-state index is 12.0. The molecule has 10 nitrogen and oxygen atoms in total. The highest BCUT2D eigenvalue weighted by Crippen LogP contribution is 2.28. The first-order valence-corrected chi connectivity index (χ1v) is 11.0. The molecule has 3 N–H and O–H groups in total. The second kappa shape index (κ2) is 8.57. The van der Waals surface area contributed by atoms with Gasteiger partial charge in [0.1, 0.15) is 4.90 Å². The van der Waals surface area contributed by atoms with Gasteiger partial charge in [0.2, 0.25) is 10.0 Å². The molecule has 0 aliphatic rings. The van der Waals surface area contributed by atoms with Crippen LogP contribution < -0.4 is 10.5 Å². The topological polar surface area (TPSA) is 146 Å². The molecular weight excluding hydrogens is 432 g/mol. The molecule has 0 spiro atoms. The molecule has 0 bridgehead atoms. The summed E-state index contributed by atoms with van der Waals surface area (Å²) in [5.74, 6) is 0. The molecule has 0 aliphatic carbocycles. The van der Waals surface area contributed by atoms with Crippen LogP contribution in [-0.4, -0.2) is 28.1 Å². The molecule has 0 fully saturated rings. The predicted molar refractivity (Wildman–Crippen MR) is 119 cm³/mol. The smallest absolute Gasteiger partial charge is 0.270 e. The Kier molecular flexibility index (Phi) is 5.67. The van der Waals surface area contributed by atoms with Crippen LogP contribution in [0.15, 0.2) is 84.1 Å². The lowest BCUT2D eigenvalue weighted by Gasteiger charge is -2.11. The number of nitrogens with one attached hydrogen (secondary N) is 1. The number of benzene rings is 2. The molecule has 2 aromatic carbocycles. The largest absolute Gasteiger partial charge is 0.380 e. The monoisotopic (exact) mass is 450 g/mol. The van der Waals surface area contributed by atoms with E-state index in [1.54, 1.807) is 17.1 Å². The van der Waals surface area contributed by atoms with Crippen molar-refractivity contribution in [2.24, 2.45) is 5.14 Å². The van der Waals surface area contributed by atoms with Crippen molar-refractivity contribution in [3.05, 3.63) is 94.9 Å². The lowest BCUT2D eigenvalue weighted by Crippen LogP contribution is -2.15. The minimum atomic E-state index is -4.19. The summed E-state index contributed by atoms with van der Waals surface area (Å²) in [6.45, 7) is 0.199. The fourth-order valence-electron chi connectivity index (χ4n) is 3.20. The Morgan fingerprint density at radius 2 is 1.78 bits per heavy atom. The summed E-state index contributed by atoms with van der Waals surface area (Å²) < 4.78 is 25.7.